The van der Waals surface area contributed by atoms with Crippen molar-refractivity contribution in [3.8, 4) is 5.75 Å². The van der Waals surface area contributed by atoms with E-state index in [1.54, 1.807) is 11.8 Å². The SMILES string of the molecule is CCn1c(SCc2ccccc2Cl)nnc1C(C)Oc1ccccc1. The lowest BCUT2D eigenvalue weighted by Gasteiger charge is -2.15. The van der Waals surface area contributed by atoms with Gasteiger partial charge in [-0.2, -0.15) is 0 Å². The van der Waals surface area contributed by atoms with Gasteiger partial charge in [-0.05, 0) is 37.6 Å². The molecule has 1 unspecified atom stereocenters. The summed E-state index contributed by atoms with van der Waals surface area (Å²) in [4.78, 5) is 0. The average Bonchev–Trinajstić information content (AvgIpc) is 3.05. The van der Waals surface area contributed by atoms with Gasteiger partial charge in [0.2, 0.25) is 0 Å². The molecule has 3 aromatic rings. The Balaban J connectivity index is 1.73. The van der Waals surface area contributed by atoms with E-state index >= 15 is 0 Å². The standard InChI is InChI=1S/C19H20ClN3OS/c1-3-23-18(14(2)24-16-10-5-4-6-11-16)21-22-19(23)25-13-15-9-7-8-12-17(15)20/h4-12,14H,3,13H2,1-2H3. The van der Waals surface area contributed by atoms with Crippen molar-refractivity contribution in [1.29, 1.82) is 0 Å². The summed E-state index contributed by atoms with van der Waals surface area (Å²) in [5, 5.41) is 10.4. The van der Waals surface area contributed by atoms with E-state index in [0.717, 1.165) is 39.6 Å². The first-order chi connectivity index (χ1) is 12.2. The number of aromatic nitrogens is 3. The Morgan fingerprint density at radius 3 is 2.52 bits per heavy atom. The molecule has 0 saturated heterocycles. The summed E-state index contributed by atoms with van der Waals surface area (Å²) in [6, 6.07) is 17.6. The number of hydrogen-bond donors (Lipinski definition) is 0. The first-order valence-electron chi connectivity index (χ1n) is 8.20. The van der Waals surface area contributed by atoms with Crippen LogP contribution in [0.4, 0.5) is 0 Å². The summed E-state index contributed by atoms with van der Waals surface area (Å²) in [5.41, 5.74) is 1.09. The van der Waals surface area contributed by atoms with Crippen LogP contribution in [0.1, 0.15) is 31.3 Å². The van der Waals surface area contributed by atoms with E-state index in [2.05, 4.69) is 21.7 Å². The number of ether oxygens (including phenoxy) is 1. The number of thioether (sulfide) groups is 1. The van der Waals surface area contributed by atoms with Gasteiger partial charge in [-0.3, -0.25) is 0 Å². The first-order valence-corrected chi connectivity index (χ1v) is 9.56. The Morgan fingerprint density at radius 1 is 1.08 bits per heavy atom. The zero-order valence-corrected chi connectivity index (χ0v) is 15.8. The molecular formula is C19H20ClN3OS. The van der Waals surface area contributed by atoms with E-state index in [9.17, 15) is 0 Å². The number of rotatable bonds is 7. The Hall–Kier alpha value is -1.98. The lowest BCUT2D eigenvalue weighted by atomic mass is 10.2. The second-order valence-electron chi connectivity index (χ2n) is 5.54. The van der Waals surface area contributed by atoms with Crippen molar-refractivity contribution in [3.63, 3.8) is 0 Å². The monoisotopic (exact) mass is 373 g/mol. The number of nitrogens with zero attached hydrogens (tertiary/aromatic N) is 3. The van der Waals surface area contributed by atoms with E-state index in [1.165, 1.54) is 0 Å². The summed E-state index contributed by atoms with van der Waals surface area (Å²) in [6.45, 7) is 4.86. The van der Waals surface area contributed by atoms with Gasteiger partial charge in [-0.15, -0.1) is 10.2 Å². The van der Waals surface area contributed by atoms with Crippen molar-refractivity contribution in [2.75, 3.05) is 0 Å². The van der Waals surface area contributed by atoms with Crippen LogP contribution in [0.3, 0.4) is 0 Å². The highest BCUT2D eigenvalue weighted by molar-refractivity contribution is 7.98. The largest absolute Gasteiger partial charge is 0.483 e. The predicted octanol–water partition coefficient (Wildman–Crippen LogP) is 5.38. The number of benzene rings is 2. The molecule has 25 heavy (non-hydrogen) atoms. The fourth-order valence-electron chi connectivity index (χ4n) is 2.52. The highest BCUT2D eigenvalue weighted by atomic mass is 35.5. The minimum absolute atomic E-state index is 0.176. The molecule has 0 aliphatic rings. The van der Waals surface area contributed by atoms with Gasteiger partial charge in [0.15, 0.2) is 17.1 Å². The van der Waals surface area contributed by atoms with Crippen molar-refractivity contribution in [2.24, 2.45) is 0 Å². The van der Waals surface area contributed by atoms with Crippen molar-refractivity contribution in [2.45, 2.75) is 37.4 Å². The molecule has 3 rings (SSSR count). The van der Waals surface area contributed by atoms with Crippen LogP contribution in [-0.2, 0) is 12.3 Å². The summed E-state index contributed by atoms with van der Waals surface area (Å²) in [7, 11) is 0. The van der Waals surface area contributed by atoms with Gasteiger partial charge in [0, 0.05) is 17.3 Å². The Bertz CT molecular complexity index is 823. The lowest BCUT2D eigenvalue weighted by Crippen LogP contribution is -2.11. The maximum atomic E-state index is 6.23. The third-order valence-corrected chi connectivity index (χ3v) is 5.18. The van der Waals surface area contributed by atoms with E-state index in [4.69, 9.17) is 16.3 Å². The van der Waals surface area contributed by atoms with Crippen LogP contribution in [-0.4, -0.2) is 14.8 Å². The fourth-order valence-corrected chi connectivity index (χ4v) is 3.81. The molecule has 0 spiro atoms. The third-order valence-electron chi connectivity index (χ3n) is 3.80. The van der Waals surface area contributed by atoms with Crippen LogP contribution in [0.25, 0.3) is 0 Å². The fraction of sp³-hybridized carbons (Fsp3) is 0.263. The molecule has 4 nitrogen and oxygen atoms in total. The molecule has 0 fully saturated rings. The second kappa shape index (κ2) is 8.41. The Kier molecular flexibility index (Phi) is 6.00. The van der Waals surface area contributed by atoms with E-state index in [0.29, 0.717) is 0 Å². The molecule has 0 saturated carbocycles. The number of para-hydroxylation sites is 1. The molecule has 0 bridgehead atoms. The molecule has 0 amide bonds. The summed E-state index contributed by atoms with van der Waals surface area (Å²) < 4.78 is 8.08. The van der Waals surface area contributed by atoms with Gasteiger partial charge in [0.05, 0.1) is 0 Å². The molecule has 0 aliphatic carbocycles. The summed E-state index contributed by atoms with van der Waals surface area (Å²) in [6.07, 6.45) is -0.176. The highest BCUT2D eigenvalue weighted by Crippen LogP contribution is 2.28. The molecule has 6 heteroatoms. The molecule has 1 heterocycles. The van der Waals surface area contributed by atoms with Crippen LogP contribution in [0.5, 0.6) is 5.75 Å². The quantitative estimate of drug-likeness (QED) is 0.521. The molecule has 0 aliphatic heterocycles. The van der Waals surface area contributed by atoms with Gasteiger partial charge in [-0.25, -0.2) is 0 Å². The van der Waals surface area contributed by atoms with Crippen LogP contribution in [0.2, 0.25) is 5.02 Å². The third kappa shape index (κ3) is 4.35. The molecular weight excluding hydrogens is 354 g/mol. The van der Waals surface area contributed by atoms with E-state index in [1.807, 2.05) is 61.5 Å². The topological polar surface area (TPSA) is 39.9 Å². The van der Waals surface area contributed by atoms with Gasteiger partial charge in [-0.1, -0.05) is 59.8 Å². The summed E-state index contributed by atoms with van der Waals surface area (Å²) >= 11 is 7.87. The van der Waals surface area contributed by atoms with Crippen molar-refractivity contribution in [1.82, 2.24) is 14.8 Å². The minimum atomic E-state index is -0.176. The van der Waals surface area contributed by atoms with Gasteiger partial charge >= 0.3 is 0 Å². The van der Waals surface area contributed by atoms with Gasteiger partial charge < -0.3 is 9.30 Å². The van der Waals surface area contributed by atoms with Crippen LogP contribution in [0.15, 0.2) is 59.8 Å². The normalized spacial score (nSPS) is 12.1. The zero-order chi connectivity index (χ0) is 17.6. The highest BCUT2D eigenvalue weighted by Gasteiger charge is 2.19. The minimum Gasteiger partial charge on any atom is -0.483 e. The Morgan fingerprint density at radius 2 is 1.80 bits per heavy atom. The van der Waals surface area contributed by atoms with E-state index in [-0.39, 0.29) is 6.10 Å². The molecule has 1 atom stereocenters. The molecule has 130 valence electrons. The lowest BCUT2D eigenvalue weighted by molar-refractivity contribution is 0.210. The average molecular weight is 374 g/mol. The summed E-state index contributed by atoms with van der Waals surface area (Å²) in [5.74, 6) is 2.41. The van der Waals surface area contributed by atoms with Crippen LogP contribution in [0, 0.1) is 0 Å². The Labute approximate surface area is 157 Å². The van der Waals surface area contributed by atoms with Crippen molar-refractivity contribution in [3.05, 3.63) is 71.0 Å². The number of hydrogen-bond acceptors (Lipinski definition) is 4. The molecule has 0 radical (unpaired) electrons. The maximum absolute atomic E-state index is 6.23. The maximum Gasteiger partial charge on any atom is 0.191 e. The van der Waals surface area contributed by atoms with Crippen molar-refractivity contribution < 1.29 is 4.74 Å². The van der Waals surface area contributed by atoms with Gasteiger partial charge in [0.1, 0.15) is 5.75 Å². The van der Waals surface area contributed by atoms with Gasteiger partial charge in [0.25, 0.3) is 0 Å². The number of halogens is 1. The predicted molar refractivity (Wildman–Crippen MR) is 102 cm³/mol. The first kappa shape index (κ1) is 17.8. The molecule has 0 N–H and O–H groups in total. The van der Waals surface area contributed by atoms with Crippen molar-refractivity contribution >= 4 is 23.4 Å². The van der Waals surface area contributed by atoms with Crippen LogP contribution < -0.4 is 4.74 Å². The zero-order valence-electron chi connectivity index (χ0n) is 14.2. The van der Waals surface area contributed by atoms with E-state index < -0.39 is 0 Å². The van der Waals surface area contributed by atoms with Crippen LogP contribution >= 0.6 is 23.4 Å². The second-order valence-corrected chi connectivity index (χ2v) is 6.89. The molecule has 2 aromatic carbocycles. The smallest absolute Gasteiger partial charge is 0.191 e. The molecule has 1 aromatic heterocycles.